The summed E-state index contributed by atoms with van der Waals surface area (Å²) < 4.78 is 9.28. The highest BCUT2D eigenvalue weighted by atomic mass is 32.1. The molecule has 4 aliphatic rings. The van der Waals surface area contributed by atoms with Crippen LogP contribution in [0.2, 0.25) is 0 Å². The fourth-order valence-corrected chi connectivity index (χ4v) is 12.0. The predicted octanol–water partition coefficient (Wildman–Crippen LogP) is 7.89. The number of aryl methyl sites for hydroxylation is 1. The van der Waals surface area contributed by atoms with Gasteiger partial charge in [0.15, 0.2) is 10.8 Å². The van der Waals surface area contributed by atoms with Crippen molar-refractivity contribution in [2.45, 2.75) is 57.9 Å². The number of piperazine rings is 1. The van der Waals surface area contributed by atoms with Crippen molar-refractivity contribution in [3.05, 3.63) is 125 Å². The van der Waals surface area contributed by atoms with Crippen LogP contribution >= 0.6 is 11.3 Å². The fraction of sp³-hybridized carbons (Fsp3) is 0.375. The zero-order valence-corrected chi connectivity index (χ0v) is 42.1. The van der Waals surface area contributed by atoms with Crippen molar-refractivity contribution >= 4 is 72.8 Å². The van der Waals surface area contributed by atoms with E-state index in [0.29, 0.717) is 67.0 Å². The summed E-state index contributed by atoms with van der Waals surface area (Å²) in [7, 11) is 1.92. The van der Waals surface area contributed by atoms with Gasteiger partial charge in [0.05, 0.1) is 34.0 Å². The van der Waals surface area contributed by atoms with Gasteiger partial charge in [-0.3, -0.25) is 34.6 Å². The molecule has 73 heavy (non-hydrogen) atoms. The molecule has 0 radical (unpaired) electrons. The normalized spacial score (nSPS) is 18.0. The number of piperidine rings is 2. The lowest BCUT2D eigenvalue weighted by atomic mass is 9.93. The molecule has 11 rings (SSSR count). The number of likely N-dealkylation sites (tertiary alicyclic amines) is 1. The number of thiazole rings is 1. The molecule has 4 aliphatic heterocycles. The lowest BCUT2D eigenvalue weighted by molar-refractivity contribution is -0.134. The highest BCUT2D eigenvalue weighted by molar-refractivity contribution is 7.22. The van der Waals surface area contributed by atoms with E-state index in [-0.39, 0.29) is 23.4 Å². The molecule has 1 unspecified atom stereocenters. The summed E-state index contributed by atoms with van der Waals surface area (Å²) in [5, 5.41) is 22.2. The molecule has 3 amide bonds. The Hall–Kier alpha value is -7.21. The van der Waals surface area contributed by atoms with E-state index in [1.165, 1.54) is 11.3 Å². The second-order valence-electron chi connectivity index (χ2n) is 19.8. The number of imide groups is 1. The summed E-state index contributed by atoms with van der Waals surface area (Å²) in [6.45, 7) is 11.8. The standard InChI is InChI=1S/C56H60N10O6S/c1-35-39(40-15-17-49(58-52(40)55(70)71)66-25-21-37-7-5-9-41(44(37)34-66)53(68)60-56-57-45-10-3-4-12-48(45)73-56)8-6-11-47(35)72-32-22-36-19-23-63(24-20-36)26-27-64-28-30-65(31-29-64)38-13-14-42-46(33-38)62(2)61-51(42)43-16-18-50(67)59-54(43)69/h3-15,17,33,36,43H,16,18-32,34H2,1-2H3,(H,70,71)(H,57,60,68)(H,59,67,69). The van der Waals surface area contributed by atoms with Gasteiger partial charge in [0.1, 0.15) is 11.6 Å². The molecule has 4 aromatic carbocycles. The molecule has 0 saturated carbocycles. The third kappa shape index (κ3) is 10.1. The van der Waals surface area contributed by atoms with E-state index in [2.05, 4.69) is 48.5 Å². The van der Waals surface area contributed by atoms with Crippen LogP contribution in [0.25, 0.3) is 32.2 Å². The van der Waals surface area contributed by atoms with Crippen LogP contribution in [0, 0.1) is 12.8 Å². The molecule has 3 fully saturated rings. The van der Waals surface area contributed by atoms with E-state index in [0.717, 1.165) is 132 Å². The first-order valence-corrected chi connectivity index (χ1v) is 26.3. The molecular formula is C56H60N10O6S. The maximum Gasteiger partial charge on any atom is 0.355 e. The molecule has 7 heterocycles. The number of carbonyl (C=O) groups is 4. The van der Waals surface area contributed by atoms with Crippen LogP contribution in [0.4, 0.5) is 16.6 Å². The van der Waals surface area contributed by atoms with Crippen molar-refractivity contribution in [1.29, 1.82) is 0 Å². The van der Waals surface area contributed by atoms with E-state index in [1.807, 2.05) is 96.3 Å². The van der Waals surface area contributed by atoms with Crippen molar-refractivity contribution in [3.63, 3.8) is 0 Å². The number of anilines is 3. The van der Waals surface area contributed by atoms with Gasteiger partial charge in [0, 0.05) is 88.0 Å². The van der Waals surface area contributed by atoms with E-state index in [9.17, 15) is 24.3 Å². The monoisotopic (exact) mass is 1000 g/mol. The molecule has 16 nitrogen and oxygen atoms in total. The largest absolute Gasteiger partial charge is 0.493 e. The van der Waals surface area contributed by atoms with Gasteiger partial charge in [0.25, 0.3) is 5.91 Å². The van der Waals surface area contributed by atoms with E-state index >= 15 is 0 Å². The van der Waals surface area contributed by atoms with Crippen LogP contribution in [-0.2, 0) is 29.6 Å². The summed E-state index contributed by atoms with van der Waals surface area (Å²) in [4.78, 5) is 69.8. The Kier molecular flexibility index (Phi) is 13.6. The average Bonchev–Trinajstić information content (AvgIpc) is 3.97. The van der Waals surface area contributed by atoms with E-state index < -0.39 is 11.9 Å². The number of pyridine rings is 1. The van der Waals surface area contributed by atoms with Gasteiger partial charge in [-0.2, -0.15) is 5.10 Å². The minimum Gasteiger partial charge on any atom is -0.493 e. The Morgan fingerprint density at radius 3 is 2.41 bits per heavy atom. The third-order valence-electron chi connectivity index (χ3n) is 15.4. The minimum absolute atomic E-state index is 0.0250. The Morgan fingerprint density at radius 2 is 1.62 bits per heavy atom. The highest BCUT2D eigenvalue weighted by Gasteiger charge is 2.32. The van der Waals surface area contributed by atoms with Gasteiger partial charge in [0.2, 0.25) is 11.8 Å². The number of benzene rings is 4. The third-order valence-corrected chi connectivity index (χ3v) is 16.4. The number of nitrogens with one attached hydrogen (secondary N) is 2. The molecule has 0 aliphatic carbocycles. The number of carboxylic acid groups (broad SMARTS) is 1. The molecule has 0 spiro atoms. The zero-order valence-electron chi connectivity index (χ0n) is 41.3. The Morgan fingerprint density at radius 1 is 0.822 bits per heavy atom. The number of hydrogen-bond acceptors (Lipinski definition) is 13. The maximum atomic E-state index is 13.7. The predicted molar refractivity (Wildman–Crippen MR) is 284 cm³/mol. The van der Waals surface area contributed by atoms with Gasteiger partial charge < -0.3 is 24.5 Å². The number of fused-ring (bicyclic) bond motifs is 3. The first-order chi connectivity index (χ1) is 35.5. The molecule has 3 saturated heterocycles. The number of ether oxygens (including phenoxy) is 1. The summed E-state index contributed by atoms with van der Waals surface area (Å²) >= 11 is 1.44. The SMILES string of the molecule is Cc1c(OCCC2CCN(CCN3CCN(c4ccc5c(C6CCC(=O)NC6=O)nn(C)c5c4)CC3)CC2)cccc1-c1ccc(N2CCc3cccc(C(=O)Nc4nc5ccccc5s4)c3C2)nc1C(=O)O. The molecule has 3 aromatic heterocycles. The molecule has 3 N–H and O–H groups in total. The van der Waals surface area contributed by atoms with Gasteiger partial charge in [-0.05, 0) is 135 Å². The number of rotatable bonds is 14. The Balaban J connectivity index is 0.647. The van der Waals surface area contributed by atoms with Crippen LogP contribution in [0.5, 0.6) is 5.75 Å². The van der Waals surface area contributed by atoms with Crippen molar-refractivity contribution < 1.29 is 29.0 Å². The maximum absolute atomic E-state index is 13.7. The number of para-hydroxylation sites is 1. The minimum atomic E-state index is -1.11. The summed E-state index contributed by atoms with van der Waals surface area (Å²) in [5.41, 5.74) is 8.45. The molecule has 0 bridgehead atoms. The molecule has 1 atom stereocenters. The first-order valence-electron chi connectivity index (χ1n) is 25.5. The van der Waals surface area contributed by atoms with E-state index in [1.54, 1.807) is 0 Å². The number of aromatic nitrogens is 4. The number of aromatic carboxylic acids is 1. The smallest absolute Gasteiger partial charge is 0.355 e. The quantitative estimate of drug-likeness (QED) is 0.0898. The average molecular weight is 1000 g/mol. The van der Waals surface area contributed by atoms with Crippen molar-refractivity contribution in [1.82, 2.24) is 34.9 Å². The summed E-state index contributed by atoms with van der Waals surface area (Å²) in [6.07, 6.45) is 4.74. The number of carbonyl (C=O) groups excluding carboxylic acids is 3. The highest BCUT2D eigenvalue weighted by Crippen LogP contribution is 2.36. The number of nitrogens with zero attached hydrogens (tertiary/aromatic N) is 8. The summed E-state index contributed by atoms with van der Waals surface area (Å²) in [5.74, 6) is -0.344. The van der Waals surface area contributed by atoms with Crippen molar-refractivity contribution in [2.75, 3.05) is 80.6 Å². The Labute approximate surface area is 428 Å². The topological polar surface area (TPSA) is 178 Å². The second kappa shape index (κ2) is 20.7. The lowest BCUT2D eigenvalue weighted by Gasteiger charge is -2.38. The second-order valence-corrected chi connectivity index (χ2v) is 20.9. The van der Waals surface area contributed by atoms with Gasteiger partial charge in [-0.1, -0.05) is 47.7 Å². The Bertz CT molecular complexity index is 3210. The van der Waals surface area contributed by atoms with Gasteiger partial charge in [-0.25, -0.2) is 14.8 Å². The molecular weight excluding hydrogens is 941 g/mol. The molecule has 376 valence electrons. The number of amides is 3. The lowest BCUT2D eigenvalue weighted by Crippen LogP contribution is -2.49. The summed E-state index contributed by atoms with van der Waals surface area (Å²) in [6, 6.07) is 29.5. The van der Waals surface area contributed by atoms with Crippen LogP contribution in [-0.4, -0.2) is 124 Å². The number of carboxylic acids is 1. The molecule has 7 aromatic rings. The van der Waals surface area contributed by atoms with Crippen LogP contribution in [0.15, 0.2) is 91.0 Å². The van der Waals surface area contributed by atoms with E-state index in [4.69, 9.17) is 14.8 Å². The van der Waals surface area contributed by atoms with Gasteiger partial charge in [-0.15, -0.1) is 0 Å². The van der Waals surface area contributed by atoms with Crippen LogP contribution < -0.4 is 25.2 Å². The van der Waals surface area contributed by atoms with Crippen molar-refractivity contribution in [2.24, 2.45) is 13.0 Å². The fourth-order valence-electron chi connectivity index (χ4n) is 11.2. The number of hydrogen-bond donors (Lipinski definition) is 3. The zero-order chi connectivity index (χ0) is 50.2. The van der Waals surface area contributed by atoms with Crippen LogP contribution in [0.3, 0.4) is 0 Å². The first kappa shape index (κ1) is 48.1. The van der Waals surface area contributed by atoms with Crippen LogP contribution in [0.1, 0.15) is 81.3 Å². The molecule has 17 heteroatoms. The van der Waals surface area contributed by atoms with Gasteiger partial charge >= 0.3 is 5.97 Å². The van der Waals surface area contributed by atoms with Crippen molar-refractivity contribution in [3.8, 4) is 16.9 Å².